The molecule has 210 valence electrons. The van der Waals surface area contributed by atoms with Gasteiger partial charge in [-0.05, 0) is 51.0 Å². The molecule has 1 N–H and O–H groups in total. The molecule has 40 heavy (non-hydrogen) atoms. The van der Waals surface area contributed by atoms with Crippen molar-refractivity contribution in [3.63, 3.8) is 0 Å². The minimum Gasteiger partial charge on any atom is -0.469 e. The van der Waals surface area contributed by atoms with E-state index in [1.165, 1.54) is 18.5 Å². The first-order valence-electron chi connectivity index (χ1n) is 13.0. The third kappa shape index (κ3) is 5.90. The molecule has 0 aromatic carbocycles. The number of rotatable bonds is 9. The second-order valence-corrected chi connectivity index (χ2v) is 10.4. The van der Waals surface area contributed by atoms with Crippen molar-refractivity contribution in [3.8, 4) is 17.7 Å². The summed E-state index contributed by atoms with van der Waals surface area (Å²) in [7, 11) is 0. The van der Waals surface area contributed by atoms with Gasteiger partial charge in [-0.2, -0.15) is 19.1 Å². The molecule has 1 saturated heterocycles. The van der Waals surface area contributed by atoms with Gasteiger partial charge in [0, 0.05) is 42.7 Å². The van der Waals surface area contributed by atoms with Crippen molar-refractivity contribution in [3.05, 3.63) is 65.9 Å². The molecule has 0 spiro atoms. The highest BCUT2D eigenvalue weighted by molar-refractivity contribution is 5.62. The standard InChI is InChI=1S/C28H30F2N6O4/c1-27(2,37)18-38-28(10-8-22-19(13-31)14-34-36(22)17-28)21-16-32-11-9-23(21)35-12-4-3-5-25(35)39-20-6-7-24(33-15-20)40-26(29)30/h6-11,14-16,25-26,37H,3-5,12,17-18H2,1-2H3. The van der Waals surface area contributed by atoms with Crippen molar-refractivity contribution in [2.45, 2.75) is 63.7 Å². The first-order valence-corrected chi connectivity index (χ1v) is 13.0. The van der Waals surface area contributed by atoms with Crippen LogP contribution in [-0.4, -0.2) is 56.4 Å². The predicted molar refractivity (Wildman–Crippen MR) is 141 cm³/mol. The summed E-state index contributed by atoms with van der Waals surface area (Å²) < 4.78 is 43.9. The maximum atomic E-state index is 12.5. The average molecular weight is 553 g/mol. The zero-order valence-electron chi connectivity index (χ0n) is 22.2. The Hall–Kier alpha value is -4.08. The van der Waals surface area contributed by atoms with Gasteiger partial charge in [0.2, 0.25) is 5.88 Å². The Morgan fingerprint density at radius 1 is 1.23 bits per heavy atom. The molecule has 0 saturated carbocycles. The molecule has 0 bridgehead atoms. The maximum absolute atomic E-state index is 12.5. The minimum atomic E-state index is -2.96. The molecule has 5 rings (SSSR count). The summed E-state index contributed by atoms with van der Waals surface area (Å²) in [5.74, 6) is 0.233. The Bertz CT molecular complexity index is 1400. The van der Waals surface area contributed by atoms with E-state index >= 15 is 0 Å². The van der Waals surface area contributed by atoms with Gasteiger partial charge in [-0.15, -0.1) is 0 Å². The fourth-order valence-electron chi connectivity index (χ4n) is 4.94. The van der Waals surface area contributed by atoms with E-state index < -0.39 is 17.8 Å². The van der Waals surface area contributed by atoms with E-state index in [0.717, 1.165) is 30.5 Å². The summed E-state index contributed by atoms with van der Waals surface area (Å²) in [6.45, 7) is 1.38. The van der Waals surface area contributed by atoms with Gasteiger partial charge in [0.1, 0.15) is 17.4 Å². The normalized spacial score (nSPS) is 20.7. The summed E-state index contributed by atoms with van der Waals surface area (Å²) in [4.78, 5) is 10.5. The van der Waals surface area contributed by atoms with Gasteiger partial charge in [0.05, 0.1) is 42.4 Å². The van der Waals surface area contributed by atoms with E-state index in [1.54, 1.807) is 37.0 Å². The number of hydrogen-bond donors (Lipinski definition) is 1. The van der Waals surface area contributed by atoms with Crippen LogP contribution in [0.2, 0.25) is 0 Å². The number of alkyl halides is 2. The quantitative estimate of drug-likeness (QED) is 0.416. The minimum absolute atomic E-state index is 0.0337. The molecule has 0 aliphatic carbocycles. The Kier molecular flexibility index (Phi) is 7.69. The van der Waals surface area contributed by atoms with Crippen LogP contribution in [0.3, 0.4) is 0 Å². The molecular formula is C28H30F2N6O4. The second-order valence-electron chi connectivity index (χ2n) is 10.4. The number of pyridine rings is 2. The van der Waals surface area contributed by atoms with Gasteiger partial charge in [-0.25, -0.2) is 4.98 Å². The van der Waals surface area contributed by atoms with E-state index in [2.05, 4.69) is 30.8 Å². The first kappa shape index (κ1) is 27.5. The lowest BCUT2D eigenvalue weighted by molar-refractivity contribution is -0.0971. The van der Waals surface area contributed by atoms with E-state index in [9.17, 15) is 19.1 Å². The molecule has 10 nitrogen and oxygen atoms in total. The third-order valence-electron chi connectivity index (χ3n) is 6.78. The highest BCUT2D eigenvalue weighted by Crippen LogP contribution is 2.41. The molecule has 2 aliphatic heterocycles. The largest absolute Gasteiger partial charge is 0.469 e. The summed E-state index contributed by atoms with van der Waals surface area (Å²) in [5.41, 5.74) is 0.581. The number of nitriles is 1. The van der Waals surface area contributed by atoms with Crippen LogP contribution in [0.25, 0.3) is 6.08 Å². The molecule has 5 heterocycles. The lowest BCUT2D eigenvalue weighted by atomic mass is 9.89. The molecule has 2 unspecified atom stereocenters. The first-order chi connectivity index (χ1) is 19.2. The van der Waals surface area contributed by atoms with Crippen LogP contribution in [0.5, 0.6) is 11.6 Å². The summed E-state index contributed by atoms with van der Waals surface area (Å²) in [5, 5.41) is 24.4. The van der Waals surface area contributed by atoms with Gasteiger partial charge < -0.3 is 24.2 Å². The number of fused-ring (bicyclic) bond motifs is 1. The number of hydrogen-bond acceptors (Lipinski definition) is 9. The van der Waals surface area contributed by atoms with Crippen molar-refractivity contribution in [2.75, 3.05) is 18.1 Å². The highest BCUT2D eigenvalue weighted by atomic mass is 19.3. The SMILES string of the molecule is CC(C)(O)COC1(c2cnccc2N2CCCCC2Oc2ccc(OC(F)F)nc2)C=Cc2c(C#N)cnn2C1. The van der Waals surface area contributed by atoms with Gasteiger partial charge in [0.15, 0.2) is 6.23 Å². The monoisotopic (exact) mass is 552 g/mol. The number of aromatic nitrogens is 4. The molecule has 2 aliphatic rings. The van der Waals surface area contributed by atoms with Crippen LogP contribution in [0, 0.1) is 11.3 Å². The topological polar surface area (TPSA) is 119 Å². The van der Waals surface area contributed by atoms with Crippen LogP contribution in [-0.2, 0) is 16.9 Å². The van der Waals surface area contributed by atoms with Crippen molar-refractivity contribution in [2.24, 2.45) is 0 Å². The van der Waals surface area contributed by atoms with Crippen LogP contribution in [0.15, 0.2) is 49.1 Å². The molecule has 0 amide bonds. The van der Waals surface area contributed by atoms with Crippen LogP contribution < -0.4 is 14.4 Å². The van der Waals surface area contributed by atoms with Crippen LogP contribution in [0.1, 0.15) is 49.9 Å². The molecule has 3 aromatic rings. The van der Waals surface area contributed by atoms with Gasteiger partial charge in [-0.3, -0.25) is 9.67 Å². The zero-order valence-corrected chi connectivity index (χ0v) is 22.2. The zero-order chi connectivity index (χ0) is 28.3. The summed E-state index contributed by atoms with van der Waals surface area (Å²) >= 11 is 0. The van der Waals surface area contributed by atoms with E-state index in [4.69, 9.17) is 9.47 Å². The van der Waals surface area contributed by atoms with E-state index in [1.807, 2.05) is 18.2 Å². The number of anilines is 1. The van der Waals surface area contributed by atoms with Gasteiger partial charge >= 0.3 is 6.61 Å². The molecule has 0 radical (unpaired) electrons. The highest BCUT2D eigenvalue weighted by Gasteiger charge is 2.41. The van der Waals surface area contributed by atoms with E-state index in [-0.39, 0.29) is 25.3 Å². The fourth-order valence-corrected chi connectivity index (χ4v) is 4.94. The Labute approximate surface area is 230 Å². The molecular weight excluding hydrogens is 522 g/mol. The van der Waals surface area contributed by atoms with Gasteiger partial charge in [-0.1, -0.05) is 0 Å². The average Bonchev–Trinajstić information content (AvgIpc) is 3.35. The van der Waals surface area contributed by atoms with Crippen LogP contribution >= 0.6 is 0 Å². The summed E-state index contributed by atoms with van der Waals surface area (Å²) in [6.07, 6.45) is 12.3. The molecule has 12 heteroatoms. The number of nitrogens with zero attached hydrogens (tertiary/aromatic N) is 6. The molecule has 1 fully saturated rings. The fraction of sp³-hybridized carbons (Fsp3) is 0.429. The van der Waals surface area contributed by atoms with E-state index in [0.29, 0.717) is 23.6 Å². The Balaban J connectivity index is 1.49. The number of ether oxygens (including phenoxy) is 3. The third-order valence-corrected chi connectivity index (χ3v) is 6.78. The van der Waals surface area contributed by atoms with Gasteiger partial charge in [0.25, 0.3) is 0 Å². The Morgan fingerprint density at radius 3 is 2.80 bits per heavy atom. The van der Waals surface area contributed by atoms with Crippen molar-refractivity contribution in [1.82, 2.24) is 19.7 Å². The number of halogens is 2. The molecule has 2 atom stereocenters. The predicted octanol–water partition coefficient (Wildman–Crippen LogP) is 4.25. The number of aliphatic hydroxyl groups is 1. The lowest BCUT2D eigenvalue weighted by Gasteiger charge is -2.42. The molecule has 3 aromatic heterocycles. The van der Waals surface area contributed by atoms with Crippen LogP contribution in [0.4, 0.5) is 14.5 Å². The number of piperidine rings is 1. The lowest BCUT2D eigenvalue weighted by Crippen LogP contribution is -2.46. The van der Waals surface area contributed by atoms with Crippen molar-refractivity contribution < 1.29 is 28.1 Å². The van der Waals surface area contributed by atoms with Crippen molar-refractivity contribution in [1.29, 1.82) is 5.26 Å². The van der Waals surface area contributed by atoms with Crippen molar-refractivity contribution >= 4 is 11.8 Å². The second kappa shape index (κ2) is 11.2. The Morgan fingerprint density at radius 2 is 2.08 bits per heavy atom. The smallest absolute Gasteiger partial charge is 0.388 e. The summed E-state index contributed by atoms with van der Waals surface area (Å²) in [6, 6.07) is 6.95. The maximum Gasteiger partial charge on any atom is 0.388 e.